The second-order valence-electron chi connectivity index (χ2n) is 7.17. The van der Waals surface area contributed by atoms with Gasteiger partial charge < -0.3 is 10.2 Å². The molecule has 0 saturated heterocycles. The summed E-state index contributed by atoms with van der Waals surface area (Å²) in [6, 6.07) is 0.644. The van der Waals surface area contributed by atoms with Crippen LogP contribution in [0.5, 0.6) is 0 Å². The molecule has 1 fully saturated rings. The van der Waals surface area contributed by atoms with Crippen molar-refractivity contribution in [2.45, 2.75) is 57.3 Å². The number of aryl methyl sites for hydroxylation is 1. The van der Waals surface area contributed by atoms with Gasteiger partial charge in [0.25, 0.3) is 5.56 Å². The topological polar surface area (TPSA) is 67.2 Å². The van der Waals surface area contributed by atoms with Gasteiger partial charge in [-0.3, -0.25) is 4.79 Å². The Bertz CT molecular complexity index is 732. The van der Waals surface area contributed by atoms with Crippen molar-refractivity contribution in [1.29, 1.82) is 0 Å². The summed E-state index contributed by atoms with van der Waals surface area (Å²) in [5.74, 6) is -0.571. The fraction of sp³-hybridized carbons (Fsp3) is 0.706. The summed E-state index contributed by atoms with van der Waals surface area (Å²) in [5, 5.41) is 7.00. The SMILES string of the molecule is Cn1nc2c(cc1=O)CN(C(=O)N[C@H]1CCCC[C@H]1CC(F)(F)F)CC2. The van der Waals surface area contributed by atoms with Crippen LogP contribution in [0.15, 0.2) is 10.9 Å². The Kier molecular flexibility index (Phi) is 5.24. The highest BCUT2D eigenvalue weighted by Crippen LogP contribution is 2.34. The number of nitrogens with one attached hydrogen (secondary N) is 1. The molecule has 0 bridgehead atoms. The molecule has 0 spiro atoms. The highest BCUT2D eigenvalue weighted by Gasteiger charge is 2.38. The Labute approximate surface area is 149 Å². The Morgan fingerprint density at radius 3 is 2.81 bits per heavy atom. The molecule has 1 saturated carbocycles. The molecule has 26 heavy (non-hydrogen) atoms. The van der Waals surface area contributed by atoms with Gasteiger partial charge in [0.05, 0.1) is 5.69 Å². The van der Waals surface area contributed by atoms with Crippen molar-refractivity contribution in [2.24, 2.45) is 13.0 Å². The molecule has 3 rings (SSSR count). The lowest BCUT2D eigenvalue weighted by atomic mass is 9.82. The minimum Gasteiger partial charge on any atom is -0.335 e. The van der Waals surface area contributed by atoms with E-state index in [0.29, 0.717) is 31.4 Å². The molecule has 2 atom stereocenters. The number of hydrogen-bond donors (Lipinski definition) is 1. The summed E-state index contributed by atoms with van der Waals surface area (Å²) >= 11 is 0. The quantitative estimate of drug-likeness (QED) is 0.867. The van der Waals surface area contributed by atoms with Gasteiger partial charge in [0.1, 0.15) is 0 Å². The molecule has 0 aromatic carbocycles. The lowest BCUT2D eigenvalue weighted by molar-refractivity contribution is -0.148. The van der Waals surface area contributed by atoms with Crippen molar-refractivity contribution < 1.29 is 18.0 Å². The molecular formula is C17H23F3N4O2. The zero-order valence-electron chi connectivity index (χ0n) is 14.7. The van der Waals surface area contributed by atoms with Crippen LogP contribution < -0.4 is 10.9 Å². The molecule has 6 nitrogen and oxygen atoms in total. The van der Waals surface area contributed by atoms with Gasteiger partial charge in [0.15, 0.2) is 0 Å². The number of nitrogens with zero attached hydrogens (tertiary/aromatic N) is 3. The summed E-state index contributed by atoms with van der Waals surface area (Å²) in [6.45, 7) is 0.682. The largest absolute Gasteiger partial charge is 0.389 e. The van der Waals surface area contributed by atoms with Crippen molar-refractivity contribution in [2.75, 3.05) is 6.54 Å². The van der Waals surface area contributed by atoms with Crippen LogP contribution in [0.25, 0.3) is 0 Å². The smallest absolute Gasteiger partial charge is 0.335 e. The fourth-order valence-corrected chi connectivity index (χ4v) is 3.86. The minimum absolute atomic E-state index is 0.247. The van der Waals surface area contributed by atoms with E-state index in [-0.39, 0.29) is 18.1 Å². The molecule has 2 heterocycles. The van der Waals surface area contributed by atoms with E-state index < -0.39 is 24.6 Å². The van der Waals surface area contributed by atoms with E-state index in [1.165, 1.54) is 10.7 Å². The van der Waals surface area contributed by atoms with Crippen LogP contribution in [0, 0.1) is 5.92 Å². The highest BCUT2D eigenvalue weighted by molar-refractivity contribution is 5.75. The second-order valence-corrected chi connectivity index (χ2v) is 7.17. The third kappa shape index (κ3) is 4.37. The summed E-state index contributed by atoms with van der Waals surface area (Å²) in [7, 11) is 1.57. The minimum atomic E-state index is -4.22. The molecular weight excluding hydrogens is 349 g/mol. The van der Waals surface area contributed by atoms with Crippen molar-refractivity contribution in [3.05, 3.63) is 27.7 Å². The third-order valence-corrected chi connectivity index (χ3v) is 5.24. The molecule has 1 aromatic rings. The summed E-state index contributed by atoms with van der Waals surface area (Å²) < 4.78 is 39.6. The first-order valence-electron chi connectivity index (χ1n) is 8.91. The van der Waals surface area contributed by atoms with E-state index in [1.807, 2.05) is 0 Å². The number of hydrogen-bond acceptors (Lipinski definition) is 3. The Morgan fingerprint density at radius 2 is 2.08 bits per heavy atom. The number of alkyl halides is 3. The molecule has 1 aliphatic heterocycles. The first kappa shape index (κ1) is 18.7. The van der Waals surface area contributed by atoms with Gasteiger partial charge in [-0.2, -0.15) is 18.3 Å². The van der Waals surface area contributed by atoms with Crippen LogP contribution in [-0.4, -0.2) is 39.5 Å². The maximum Gasteiger partial charge on any atom is 0.389 e. The third-order valence-electron chi connectivity index (χ3n) is 5.24. The van der Waals surface area contributed by atoms with E-state index in [4.69, 9.17) is 0 Å². The molecule has 1 N–H and O–H groups in total. The molecule has 1 aliphatic carbocycles. The summed E-state index contributed by atoms with van der Waals surface area (Å²) in [4.78, 5) is 25.8. The molecule has 2 aliphatic rings. The number of carbonyl (C=O) groups excluding carboxylic acids is 1. The van der Waals surface area contributed by atoms with Gasteiger partial charge in [0, 0.05) is 50.7 Å². The van der Waals surface area contributed by atoms with Gasteiger partial charge in [-0.25, -0.2) is 9.48 Å². The standard InChI is InChI=1S/C17H23F3N4O2/c1-23-15(25)8-12-10-24(7-6-14(12)22-23)16(26)21-13-5-3-2-4-11(13)9-17(18,19)20/h8,11,13H,2-7,9-10H2,1H3,(H,21,26)/t11-,13-/m0/s1. The van der Waals surface area contributed by atoms with E-state index in [1.54, 1.807) is 11.9 Å². The van der Waals surface area contributed by atoms with E-state index in [0.717, 1.165) is 18.5 Å². The average Bonchev–Trinajstić information content (AvgIpc) is 2.56. The Hall–Kier alpha value is -2.06. The molecule has 1 aromatic heterocycles. The Balaban J connectivity index is 1.65. The number of urea groups is 1. The number of halogens is 3. The number of carbonyl (C=O) groups is 1. The normalized spacial score (nSPS) is 23.5. The van der Waals surface area contributed by atoms with Crippen LogP contribution in [0.4, 0.5) is 18.0 Å². The van der Waals surface area contributed by atoms with Gasteiger partial charge in [-0.05, 0) is 18.8 Å². The summed E-state index contributed by atoms with van der Waals surface area (Å²) in [6.07, 6.45) is -1.93. The van der Waals surface area contributed by atoms with Crippen LogP contribution in [0.1, 0.15) is 43.4 Å². The first-order valence-corrected chi connectivity index (χ1v) is 8.91. The van der Waals surface area contributed by atoms with Crippen molar-refractivity contribution >= 4 is 6.03 Å². The molecule has 9 heteroatoms. The summed E-state index contributed by atoms with van der Waals surface area (Å²) in [5.41, 5.74) is 1.23. The predicted octanol–water partition coefficient (Wildman–Crippen LogP) is 2.36. The number of fused-ring (bicyclic) bond motifs is 1. The van der Waals surface area contributed by atoms with Crippen molar-refractivity contribution in [1.82, 2.24) is 20.0 Å². The van der Waals surface area contributed by atoms with Crippen molar-refractivity contribution in [3.63, 3.8) is 0 Å². The molecule has 144 valence electrons. The monoisotopic (exact) mass is 372 g/mol. The molecule has 0 unspecified atom stereocenters. The zero-order valence-corrected chi connectivity index (χ0v) is 14.7. The van der Waals surface area contributed by atoms with Gasteiger partial charge in [-0.15, -0.1) is 0 Å². The lowest BCUT2D eigenvalue weighted by Gasteiger charge is -2.35. The van der Waals surface area contributed by atoms with Gasteiger partial charge >= 0.3 is 12.2 Å². The predicted molar refractivity (Wildman–Crippen MR) is 88.5 cm³/mol. The number of aromatic nitrogens is 2. The van der Waals surface area contributed by atoms with Crippen molar-refractivity contribution in [3.8, 4) is 0 Å². The van der Waals surface area contributed by atoms with Gasteiger partial charge in [-0.1, -0.05) is 12.8 Å². The fourth-order valence-electron chi connectivity index (χ4n) is 3.86. The van der Waals surface area contributed by atoms with Crippen LogP contribution in [0.3, 0.4) is 0 Å². The number of rotatable bonds is 2. The average molecular weight is 372 g/mol. The molecule has 0 radical (unpaired) electrons. The van der Waals surface area contributed by atoms with Crippen LogP contribution in [-0.2, 0) is 20.0 Å². The van der Waals surface area contributed by atoms with Crippen LogP contribution in [0.2, 0.25) is 0 Å². The molecule has 2 amide bonds. The van der Waals surface area contributed by atoms with E-state index in [2.05, 4.69) is 10.4 Å². The maximum atomic E-state index is 12.8. The van der Waals surface area contributed by atoms with E-state index in [9.17, 15) is 22.8 Å². The zero-order chi connectivity index (χ0) is 18.9. The van der Waals surface area contributed by atoms with Gasteiger partial charge in [0.2, 0.25) is 0 Å². The maximum absolute atomic E-state index is 12.8. The van der Waals surface area contributed by atoms with E-state index >= 15 is 0 Å². The second kappa shape index (κ2) is 7.28. The van der Waals surface area contributed by atoms with Crippen LogP contribution >= 0.6 is 0 Å². The number of amides is 2. The Morgan fingerprint density at radius 1 is 1.35 bits per heavy atom. The lowest BCUT2D eigenvalue weighted by Crippen LogP contribution is -2.50. The highest BCUT2D eigenvalue weighted by atomic mass is 19.4. The first-order chi connectivity index (χ1) is 12.2.